The van der Waals surface area contributed by atoms with E-state index in [1.807, 2.05) is 30.3 Å². The Morgan fingerprint density at radius 1 is 1.19 bits per heavy atom. The van der Waals surface area contributed by atoms with Gasteiger partial charge in [0.2, 0.25) is 0 Å². The van der Waals surface area contributed by atoms with Crippen molar-refractivity contribution >= 4 is 28.2 Å². The molecule has 2 aliphatic heterocycles. The van der Waals surface area contributed by atoms with Crippen LogP contribution in [0, 0.1) is 5.92 Å². The molecule has 3 aromatic rings. The Morgan fingerprint density at radius 2 is 2.06 bits per heavy atom. The largest absolute Gasteiger partial charge is 0.483 e. The van der Waals surface area contributed by atoms with Gasteiger partial charge in [0.15, 0.2) is 17.1 Å². The van der Waals surface area contributed by atoms with Crippen LogP contribution < -0.4 is 14.4 Å². The molecule has 0 saturated carbocycles. The number of allylic oxidation sites excluding steroid dienone is 1. The lowest BCUT2D eigenvalue weighted by Crippen LogP contribution is -2.51. The second-order valence-corrected chi connectivity index (χ2v) is 9.06. The third-order valence-electron chi connectivity index (χ3n) is 6.44. The van der Waals surface area contributed by atoms with Crippen LogP contribution in [0.15, 0.2) is 54.9 Å². The number of H-pyrrole nitrogens is 1. The highest BCUT2D eigenvalue weighted by Gasteiger charge is 2.38. The zero-order valence-electron chi connectivity index (χ0n) is 17.8. The Kier molecular flexibility index (Phi) is 5.76. The predicted octanol–water partition coefficient (Wildman–Crippen LogP) is 4.29. The summed E-state index contributed by atoms with van der Waals surface area (Å²) >= 11 is 6.09. The number of hydrogen-bond donors (Lipinski definition) is 3. The Labute approximate surface area is 192 Å². The molecule has 2 aromatic carbocycles. The van der Waals surface area contributed by atoms with Gasteiger partial charge in [-0.25, -0.2) is 0 Å². The summed E-state index contributed by atoms with van der Waals surface area (Å²) in [6.07, 6.45) is 9.63. The SMILES string of the molecule is OCC1(CO)COc2c(cccc2N2C=CC(CCc3c[nH]c4cc(Cl)ccc34)CC2)O1. The Bertz CT molecular complexity index is 1140. The average molecular weight is 455 g/mol. The Balaban J connectivity index is 1.26. The number of aliphatic hydroxyl groups is 2. The normalized spacial score (nSPS) is 19.5. The molecule has 1 aromatic heterocycles. The van der Waals surface area contributed by atoms with Crippen LogP contribution in [-0.2, 0) is 6.42 Å². The number of fused-ring (bicyclic) bond motifs is 2. The Morgan fingerprint density at radius 3 is 2.84 bits per heavy atom. The van der Waals surface area contributed by atoms with Crippen LogP contribution in [0.5, 0.6) is 11.5 Å². The first-order valence-electron chi connectivity index (χ1n) is 11.0. The summed E-state index contributed by atoms with van der Waals surface area (Å²) in [5.74, 6) is 1.72. The van der Waals surface area contributed by atoms with Gasteiger partial charge in [0.05, 0.1) is 18.9 Å². The maximum absolute atomic E-state index is 9.61. The van der Waals surface area contributed by atoms with Crippen molar-refractivity contribution in [2.75, 3.05) is 31.3 Å². The standard InChI is InChI=1S/C25H27ClN2O4/c26-19-6-7-20-18(13-27-21(20)12-19)5-4-17-8-10-28(11-9-17)22-2-1-3-23-24(22)31-16-25(14-29,15-30)32-23/h1-3,6-8,10,12-13,17,27,29-30H,4-5,9,11,14-16H2. The van der Waals surface area contributed by atoms with Gasteiger partial charge in [-0.05, 0) is 55.0 Å². The molecule has 0 radical (unpaired) electrons. The van der Waals surface area contributed by atoms with Gasteiger partial charge in [0, 0.05) is 34.9 Å². The number of aryl methyl sites for hydroxylation is 1. The highest BCUT2D eigenvalue weighted by molar-refractivity contribution is 6.31. The third-order valence-corrected chi connectivity index (χ3v) is 6.68. The highest BCUT2D eigenvalue weighted by atomic mass is 35.5. The fourth-order valence-electron chi connectivity index (χ4n) is 4.48. The van der Waals surface area contributed by atoms with Gasteiger partial charge in [0.25, 0.3) is 0 Å². The molecule has 0 fully saturated rings. The van der Waals surface area contributed by atoms with Crippen LogP contribution in [0.25, 0.3) is 10.9 Å². The molecule has 0 amide bonds. The maximum Gasteiger partial charge on any atom is 0.188 e. The summed E-state index contributed by atoms with van der Waals surface area (Å²) in [6, 6.07) is 11.7. The lowest BCUT2D eigenvalue weighted by molar-refractivity contribution is -0.0785. The van der Waals surface area contributed by atoms with Crippen LogP contribution in [0.2, 0.25) is 5.02 Å². The zero-order chi connectivity index (χ0) is 22.1. The first kappa shape index (κ1) is 21.2. The molecule has 1 unspecified atom stereocenters. The molecule has 32 heavy (non-hydrogen) atoms. The number of halogens is 1. The number of benzene rings is 2. The molecule has 168 valence electrons. The van der Waals surface area contributed by atoms with E-state index in [2.05, 4.69) is 34.4 Å². The fourth-order valence-corrected chi connectivity index (χ4v) is 4.65. The number of nitrogens with one attached hydrogen (secondary N) is 1. The average Bonchev–Trinajstić information content (AvgIpc) is 3.24. The lowest BCUT2D eigenvalue weighted by Gasteiger charge is -2.38. The quantitative estimate of drug-likeness (QED) is 0.518. The van der Waals surface area contributed by atoms with Gasteiger partial charge in [-0.1, -0.05) is 29.8 Å². The summed E-state index contributed by atoms with van der Waals surface area (Å²) in [5.41, 5.74) is 2.25. The smallest absolute Gasteiger partial charge is 0.188 e. The van der Waals surface area contributed by atoms with E-state index in [1.54, 1.807) is 0 Å². The summed E-state index contributed by atoms with van der Waals surface area (Å²) < 4.78 is 11.9. The van der Waals surface area contributed by atoms with E-state index in [0.717, 1.165) is 42.0 Å². The number of hydrogen-bond acceptors (Lipinski definition) is 5. The molecule has 3 N–H and O–H groups in total. The van der Waals surface area contributed by atoms with Gasteiger partial charge < -0.3 is 29.6 Å². The summed E-state index contributed by atoms with van der Waals surface area (Å²) in [7, 11) is 0. The van der Waals surface area contributed by atoms with Gasteiger partial charge in [-0.3, -0.25) is 0 Å². The van der Waals surface area contributed by atoms with Gasteiger partial charge in [0.1, 0.15) is 6.61 Å². The summed E-state index contributed by atoms with van der Waals surface area (Å²) in [6.45, 7) is 0.388. The van der Waals surface area contributed by atoms with Crippen molar-refractivity contribution in [3.05, 3.63) is 65.5 Å². The number of nitrogens with zero attached hydrogens (tertiary/aromatic N) is 1. The van der Waals surface area contributed by atoms with Crippen molar-refractivity contribution in [3.8, 4) is 11.5 Å². The number of anilines is 1. The monoisotopic (exact) mass is 454 g/mol. The molecule has 7 heteroatoms. The molecule has 6 nitrogen and oxygen atoms in total. The summed E-state index contributed by atoms with van der Waals surface area (Å²) in [5, 5.41) is 21.2. The van der Waals surface area contributed by atoms with E-state index < -0.39 is 5.60 Å². The molecule has 0 saturated heterocycles. The fraction of sp³-hybridized carbons (Fsp3) is 0.360. The Hall–Kier alpha value is -2.67. The summed E-state index contributed by atoms with van der Waals surface area (Å²) in [4.78, 5) is 5.50. The van der Waals surface area contributed by atoms with Crippen molar-refractivity contribution in [1.82, 2.24) is 4.98 Å². The number of para-hydroxylation sites is 1. The van der Waals surface area contributed by atoms with E-state index >= 15 is 0 Å². The van der Waals surface area contributed by atoms with Crippen LogP contribution in [0.3, 0.4) is 0 Å². The van der Waals surface area contributed by atoms with Crippen molar-refractivity contribution in [3.63, 3.8) is 0 Å². The number of rotatable bonds is 6. The number of aliphatic hydroxyl groups excluding tert-OH is 2. The molecule has 5 rings (SSSR count). The first-order valence-corrected chi connectivity index (χ1v) is 11.4. The molecular weight excluding hydrogens is 428 g/mol. The number of aromatic nitrogens is 1. The van der Waals surface area contributed by atoms with Crippen molar-refractivity contribution in [2.45, 2.75) is 24.9 Å². The second-order valence-electron chi connectivity index (χ2n) is 8.62. The molecule has 0 spiro atoms. The minimum atomic E-state index is -1.10. The van der Waals surface area contributed by atoms with Gasteiger partial charge >= 0.3 is 0 Å². The minimum Gasteiger partial charge on any atom is -0.483 e. The van der Waals surface area contributed by atoms with Crippen LogP contribution in [0.4, 0.5) is 5.69 Å². The molecule has 2 aliphatic rings. The first-order chi connectivity index (χ1) is 15.6. The predicted molar refractivity (Wildman–Crippen MR) is 126 cm³/mol. The third kappa shape index (κ3) is 3.94. The molecule has 0 aliphatic carbocycles. The van der Waals surface area contributed by atoms with Gasteiger partial charge in [-0.2, -0.15) is 0 Å². The van der Waals surface area contributed by atoms with Crippen molar-refractivity contribution in [1.29, 1.82) is 0 Å². The van der Waals surface area contributed by atoms with Crippen molar-refractivity contribution in [2.24, 2.45) is 5.92 Å². The van der Waals surface area contributed by atoms with Crippen LogP contribution in [0.1, 0.15) is 18.4 Å². The van der Waals surface area contributed by atoms with E-state index in [1.165, 1.54) is 10.9 Å². The molecule has 0 bridgehead atoms. The maximum atomic E-state index is 9.61. The van der Waals surface area contributed by atoms with Crippen LogP contribution in [-0.4, -0.2) is 47.2 Å². The lowest BCUT2D eigenvalue weighted by atomic mass is 9.94. The minimum absolute atomic E-state index is 0.111. The van der Waals surface area contributed by atoms with Gasteiger partial charge in [-0.15, -0.1) is 0 Å². The van der Waals surface area contributed by atoms with E-state index in [-0.39, 0.29) is 19.8 Å². The molecule has 3 heterocycles. The number of aromatic amines is 1. The van der Waals surface area contributed by atoms with E-state index in [0.29, 0.717) is 17.4 Å². The van der Waals surface area contributed by atoms with Crippen molar-refractivity contribution < 1.29 is 19.7 Å². The molecular formula is C25H27ClN2O4. The topological polar surface area (TPSA) is 78.0 Å². The highest BCUT2D eigenvalue weighted by Crippen LogP contribution is 2.43. The van der Waals surface area contributed by atoms with E-state index in [4.69, 9.17) is 21.1 Å². The van der Waals surface area contributed by atoms with E-state index in [9.17, 15) is 10.2 Å². The molecule has 1 atom stereocenters. The zero-order valence-corrected chi connectivity index (χ0v) is 18.5. The number of ether oxygens (including phenoxy) is 2. The second kappa shape index (κ2) is 8.70. The van der Waals surface area contributed by atoms with Crippen LogP contribution >= 0.6 is 11.6 Å².